The molecule has 2 heterocycles. The molecular weight excluding hydrogens is 486 g/mol. The standard InChI is InChI=1S/C25H25N3O3S3/c1-17-4-2-5-18(14-17)9-12-24(29)26-21(15-19-7-10-20(11-8-19)28-34(30)31)22-16-33-25(27-22)23-6-3-13-32-23/h2-8,10-11,13-14,16,21,34H,9,12,15H2,1H3,(H,26,29)(H,28,30,31)/t21-/m0/s1. The Kier molecular flexibility index (Phi) is 8.10. The topological polar surface area (TPSA) is 88.2 Å². The Bertz CT molecular complexity index is 1300. The molecule has 0 bridgehead atoms. The number of rotatable bonds is 10. The van der Waals surface area contributed by atoms with Gasteiger partial charge in [0.1, 0.15) is 5.01 Å². The molecule has 0 saturated carbocycles. The lowest BCUT2D eigenvalue weighted by molar-refractivity contribution is -0.121. The number of hydrogen-bond acceptors (Lipinski definition) is 6. The average molecular weight is 512 g/mol. The molecular formula is C25H25N3O3S3. The molecule has 4 rings (SSSR count). The molecule has 2 aromatic heterocycles. The average Bonchev–Trinajstić information content (AvgIpc) is 3.50. The highest BCUT2D eigenvalue weighted by Gasteiger charge is 2.19. The van der Waals surface area contributed by atoms with Crippen molar-refractivity contribution in [1.82, 2.24) is 10.3 Å². The molecule has 1 atom stereocenters. The molecule has 0 unspecified atom stereocenters. The molecule has 0 radical (unpaired) electrons. The fourth-order valence-electron chi connectivity index (χ4n) is 3.64. The molecule has 0 saturated heterocycles. The minimum atomic E-state index is -2.71. The van der Waals surface area contributed by atoms with Gasteiger partial charge in [-0.1, -0.05) is 48.0 Å². The van der Waals surface area contributed by atoms with E-state index < -0.39 is 10.9 Å². The van der Waals surface area contributed by atoms with Gasteiger partial charge in [-0.15, -0.1) is 22.7 Å². The number of nitrogens with one attached hydrogen (secondary N) is 2. The van der Waals surface area contributed by atoms with E-state index in [1.165, 1.54) is 5.56 Å². The monoisotopic (exact) mass is 511 g/mol. The van der Waals surface area contributed by atoms with E-state index in [0.717, 1.165) is 26.7 Å². The Hall–Kier alpha value is -3.01. The minimum absolute atomic E-state index is 0.0289. The van der Waals surface area contributed by atoms with Crippen LogP contribution in [-0.4, -0.2) is 19.3 Å². The summed E-state index contributed by atoms with van der Waals surface area (Å²) in [4.78, 5) is 18.8. The van der Waals surface area contributed by atoms with Crippen molar-refractivity contribution in [1.29, 1.82) is 0 Å². The van der Waals surface area contributed by atoms with Crippen LogP contribution in [0.4, 0.5) is 5.69 Å². The predicted octanol–water partition coefficient (Wildman–Crippen LogP) is 5.15. The largest absolute Gasteiger partial charge is 0.347 e. The van der Waals surface area contributed by atoms with Crippen LogP contribution < -0.4 is 10.0 Å². The summed E-state index contributed by atoms with van der Waals surface area (Å²) in [5.41, 5.74) is 4.62. The van der Waals surface area contributed by atoms with Crippen molar-refractivity contribution in [2.24, 2.45) is 0 Å². The Balaban J connectivity index is 1.49. The molecule has 6 nitrogen and oxygen atoms in total. The maximum absolute atomic E-state index is 12.9. The molecule has 2 aromatic carbocycles. The van der Waals surface area contributed by atoms with Crippen LogP contribution in [0, 0.1) is 6.92 Å². The van der Waals surface area contributed by atoms with Gasteiger partial charge in [0.15, 0.2) is 0 Å². The van der Waals surface area contributed by atoms with E-state index in [1.54, 1.807) is 34.8 Å². The number of thiophene rings is 1. The molecule has 176 valence electrons. The number of aromatic nitrogens is 1. The minimum Gasteiger partial charge on any atom is -0.347 e. The summed E-state index contributed by atoms with van der Waals surface area (Å²) < 4.78 is 24.2. The number of thiol groups is 1. The summed E-state index contributed by atoms with van der Waals surface area (Å²) in [6.07, 6.45) is 1.61. The van der Waals surface area contributed by atoms with Crippen LogP contribution in [-0.2, 0) is 28.5 Å². The highest BCUT2D eigenvalue weighted by Crippen LogP contribution is 2.31. The second kappa shape index (κ2) is 11.4. The quantitative estimate of drug-likeness (QED) is 0.257. The van der Waals surface area contributed by atoms with Crippen LogP contribution in [0.15, 0.2) is 71.4 Å². The SMILES string of the molecule is Cc1cccc(CCC(=O)N[C@@H](Cc2ccc(N[SH](=O)=O)cc2)c2csc(-c3cccs3)n2)c1. The zero-order valence-electron chi connectivity index (χ0n) is 18.6. The Morgan fingerprint density at radius 1 is 1.03 bits per heavy atom. The maximum Gasteiger partial charge on any atom is 0.222 e. The van der Waals surface area contributed by atoms with Crippen molar-refractivity contribution in [3.8, 4) is 9.88 Å². The van der Waals surface area contributed by atoms with Gasteiger partial charge in [-0.05, 0) is 54.5 Å². The number of anilines is 1. The first-order valence-electron chi connectivity index (χ1n) is 10.8. The molecule has 9 heteroatoms. The van der Waals surface area contributed by atoms with Gasteiger partial charge in [0.05, 0.1) is 16.6 Å². The molecule has 0 spiro atoms. The Labute approximate surface area is 208 Å². The molecule has 0 aliphatic carbocycles. The normalized spacial score (nSPS) is 11.9. The number of amides is 1. The van der Waals surface area contributed by atoms with Crippen molar-refractivity contribution >= 4 is 45.2 Å². The number of aryl methyl sites for hydroxylation is 2. The van der Waals surface area contributed by atoms with Gasteiger partial charge in [0, 0.05) is 17.5 Å². The van der Waals surface area contributed by atoms with E-state index in [2.05, 4.69) is 16.1 Å². The lowest BCUT2D eigenvalue weighted by Crippen LogP contribution is -2.30. The lowest BCUT2D eigenvalue weighted by atomic mass is 10.0. The number of carbonyl (C=O) groups excluding carboxylic acids is 1. The first-order valence-corrected chi connectivity index (χ1v) is 13.7. The summed E-state index contributed by atoms with van der Waals surface area (Å²) in [5.74, 6) is -0.0289. The highest BCUT2D eigenvalue weighted by atomic mass is 32.2. The van der Waals surface area contributed by atoms with Gasteiger partial charge < -0.3 is 5.32 Å². The van der Waals surface area contributed by atoms with Crippen LogP contribution in [0.2, 0.25) is 0 Å². The maximum atomic E-state index is 12.9. The van der Waals surface area contributed by atoms with Gasteiger partial charge in [-0.25, -0.2) is 13.4 Å². The molecule has 2 N–H and O–H groups in total. The summed E-state index contributed by atoms with van der Waals surface area (Å²) in [7, 11) is -2.71. The number of carbonyl (C=O) groups is 1. The van der Waals surface area contributed by atoms with Gasteiger partial charge in [0.2, 0.25) is 16.8 Å². The van der Waals surface area contributed by atoms with Crippen LogP contribution in [0.3, 0.4) is 0 Å². The smallest absolute Gasteiger partial charge is 0.222 e. The van der Waals surface area contributed by atoms with Crippen LogP contribution >= 0.6 is 22.7 Å². The van der Waals surface area contributed by atoms with Crippen LogP contribution in [0.25, 0.3) is 9.88 Å². The number of hydrogen-bond donors (Lipinski definition) is 3. The van der Waals surface area contributed by atoms with Crippen LogP contribution in [0.1, 0.15) is 34.8 Å². The second-order valence-corrected chi connectivity index (χ2v) is 10.5. The van der Waals surface area contributed by atoms with Crippen LogP contribution in [0.5, 0.6) is 0 Å². The molecule has 1 amide bonds. The Morgan fingerprint density at radius 3 is 2.56 bits per heavy atom. The third-order valence-electron chi connectivity index (χ3n) is 5.28. The first-order chi connectivity index (χ1) is 16.5. The van der Waals surface area contributed by atoms with E-state index in [1.807, 2.05) is 60.1 Å². The summed E-state index contributed by atoms with van der Waals surface area (Å²) >= 11 is 3.20. The van der Waals surface area contributed by atoms with Gasteiger partial charge in [-0.3, -0.25) is 9.52 Å². The third kappa shape index (κ3) is 6.75. The summed E-state index contributed by atoms with van der Waals surface area (Å²) in [6, 6.07) is 19.1. The van der Waals surface area contributed by atoms with Crippen molar-refractivity contribution in [3.63, 3.8) is 0 Å². The lowest BCUT2D eigenvalue weighted by Gasteiger charge is -2.18. The molecule has 0 aliphatic rings. The molecule has 0 fully saturated rings. The van der Waals surface area contributed by atoms with Crippen molar-refractivity contribution in [3.05, 3.63) is 93.8 Å². The first kappa shape index (κ1) is 24.1. The molecule has 4 aromatic rings. The van der Waals surface area contributed by atoms with Gasteiger partial charge in [0.25, 0.3) is 0 Å². The van der Waals surface area contributed by atoms with Crippen molar-refractivity contribution < 1.29 is 13.2 Å². The van der Waals surface area contributed by atoms with E-state index >= 15 is 0 Å². The second-order valence-electron chi connectivity index (χ2n) is 7.93. The summed E-state index contributed by atoms with van der Waals surface area (Å²) in [5, 5.41) is 8.12. The zero-order valence-corrected chi connectivity index (χ0v) is 21.1. The number of benzene rings is 2. The molecule has 34 heavy (non-hydrogen) atoms. The van der Waals surface area contributed by atoms with E-state index in [0.29, 0.717) is 24.9 Å². The molecule has 0 aliphatic heterocycles. The van der Waals surface area contributed by atoms with Gasteiger partial charge in [-0.2, -0.15) is 0 Å². The van der Waals surface area contributed by atoms with E-state index in [4.69, 9.17) is 4.98 Å². The van der Waals surface area contributed by atoms with E-state index in [-0.39, 0.29) is 11.9 Å². The predicted molar refractivity (Wildman–Crippen MR) is 140 cm³/mol. The third-order valence-corrected chi connectivity index (χ3v) is 7.62. The van der Waals surface area contributed by atoms with Crippen molar-refractivity contribution in [2.75, 3.05) is 4.72 Å². The van der Waals surface area contributed by atoms with Gasteiger partial charge >= 0.3 is 0 Å². The van der Waals surface area contributed by atoms with Crippen molar-refractivity contribution in [2.45, 2.75) is 32.2 Å². The van der Waals surface area contributed by atoms with E-state index in [9.17, 15) is 13.2 Å². The number of thiazole rings is 1. The Morgan fingerprint density at radius 2 is 1.85 bits per heavy atom. The summed E-state index contributed by atoms with van der Waals surface area (Å²) in [6.45, 7) is 2.04. The highest BCUT2D eigenvalue weighted by molar-refractivity contribution is 7.73. The zero-order chi connectivity index (χ0) is 23.9. The fraction of sp³-hybridized carbons (Fsp3) is 0.200. The fourth-order valence-corrected chi connectivity index (χ4v) is 5.69. The number of nitrogens with zero attached hydrogens (tertiary/aromatic N) is 1.